The van der Waals surface area contributed by atoms with E-state index in [4.69, 9.17) is 16.3 Å². The van der Waals surface area contributed by atoms with Crippen LogP contribution in [0, 0.1) is 0 Å². The molecule has 1 aromatic rings. The second kappa shape index (κ2) is 3.91. The van der Waals surface area contributed by atoms with Gasteiger partial charge in [-0.25, -0.2) is 0 Å². The molecule has 0 fully saturated rings. The molecule has 74 valence electrons. The van der Waals surface area contributed by atoms with Crippen LogP contribution in [0.3, 0.4) is 0 Å². The van der Waals surface area contributed by atoms with E-state index in [0.29, 0.717) is 17.9 Å². The lowest BCUT2D eigenvalue weighted by molar-refractivity contribution is 0.101. The summed E-state index contributed by atoms with van der Waals surface area (Å²) < 4.78 is 6.31. The fraction of sp³-hybridized carbons (Fsp3) is 0.300. The minimum atomic E-state index is -0.0916. The SMILES string of the molecule is O=C(CCl)c1cc(Br)cc2c1OCC2. The van der Waals surface area contributed by atoms with Crippen molar-refractivity contribution in [1.82, 2.24) is 0 Å². The third-order valence-electron chi connectivity index (χ3n) is 2.17. The van der Waals surface area contributed by atoms with Crippen molar-refractivity contribution < 1.29 is 9.53 Å². The smallest absolute Gasteiger partial charge is 0.181 e. The van der Waals surface area contributed by atoms with Crippen molar-refractivity contribution in [3.63, 3.8) is 0 Å². The van der Waals surface area contributed by atoms with Crippen molar-refractivity contribution in [2.24, 2.45) is 0 Å². The predicted molar refractivity (Wildman–Crippen MR) is 58.4 cm³/mol. The number of fused-ring (bicyclic) bond motifs is 1. The van der Waals surface area contributed by atoms with E-state index in [0.717, 1.165) is 16.5 Å². The summed E-state index contributed by atoms with van der Waals surface area (Å²) in [5, 5.41) is 0. The largest absolute Gasteiger partial charge is 0.492 e. The number of Topliss-reactive ketones (excluding diaryl/α,β-unsaturated/α-hetero) is 1. The third kappa shape index (κ3) is 1.66. The van der Waals surface area contributed by atoms with Crippen LogP contribution in [0.4, 0.5) is 0 Å². The van der Waals surface area contributed by atoms with Crippen LogP contribution in [0.15, 0.2) is 16.6 Å². The molecule has 0 saturated heterocycles. The van der Waals surface area contributed by atoms with Gasteiger partial charge in [0.15, 0.2) is 5.78 Å². The van der Waals surface area contributed by atoms with Gasteiger partial charge in [-0.15, -0.1) is 11.6 Å². The highest BCUT2D eigenvalue weighted by Gasteiger charge is 2.20. The highest BCUT2D eigenvalue weighted by atomic mass is 79.9. The van der Waals surface area contributed by atoms with Gasteiger partial charge in [-0.2, -0.15) is 0 Å². The number of halogens is 2. The molecule has 2 rings (SSSR count). The molecule has 14 heavy (non-hydrogen) atoms. The lowest BCUT2D eigenvalue weighted by Crippen LogP contribution is -2.03. The summed E-state index contributed by atoms with van der Waals surface area (Å²) in [5.74, 6) is 0.608. The number of ether oxygens (including phenoxy) is 1. The van der Waals surface area contributed by atoms with Crippen LogP contribution >= 0.6 is 27.5 Å². The standard InChI is InChI=1S/C10H8BrClO2/c11-7-3-6-1-2-14-10(6)8(4-7)9(13)5-12/h3-4H,1-2,5H2. The molecular weight excluding hydrogens is 267 g/mol. The Hall–Kier alpha value is -0.540. The topological polar surface area (TPSA) is 26.3 Å². The van der Waals surface area contributed by atoms with E-state index < -0.39 is 0 Å². The third-order valence-corrected chi connectivity index (χ3v) is 2.87. The zero-order chi connectivity index (χ0) is 10.1. The molecule has 0 radical (unpaired) electrons. The number of benzene rings is 1. The monoisotopic (exact) mass is 274 g/mol. The van der Waals surface area contributed by atoms with E-state index in [1.54, 1.807) is 6.07 Å². The summed E-state index contributed by atoms with van der Waals surface area (Å²) in [6.07, 6.45) is 0.858. The minimum Gasteiger partial charge on any atom is -0.492 e. The Balaban J connectivity index is 2.54. The van der Waals surface area contributed by atoms with Gasteiger partial charge in [0, 0.05) is 10.9 Å². The average Bonchev–Trinajstić information content (AvgIpc) is 2.62. The molecule has 0 aromatic heterocycles. The first-order valence-corrected chi connectivity index (χ1v) is 5.59. The zero-order valence-electron chi connectivity index (χ0n) is 7.35. The Kier molecular flexibility index (Phi) is 2.79. The van der Waals surface area contributed by atoms with E-state index in [1.165, 1.54) is 0 Å². The first-order chi connectivity index (χ1) is 6.72. The van der Waals surface area contributed by atoms with Crippen LogP contribution in [-0.4, -0.2) is 18.3 Å². The van der Waals surface area contributed by atoms with Crippen molar-refractivity contribution in [1.29, 1.82) is 0 Å². The molecule has 0 saturated carbocycles. The van der Waals surface area contributed by atoms with E-state index in [1.807, 2.05) is 6.07 Å². The van der Waals surface area contributed by atoms with Crippen LogP contribution in [0.1, 0.15) is 15.9 Å². The van der Waals surface area contributed by atoms with E-state index in [9.17, 15) is 4.79 Å². The predicted octanol–water partition coefficient (Wildman–Crippen LogP) is 2.81. The fourth-order valence-electron chi connectivity index (χ4n) is 1.55. The Labute approximate surface area is 95.3 Å². The number of ketones is 1. The molecule has 1 heterocycles. The summed E-state index contributed by atoms with van der Waals surface area (Å²) in [6.45, 7) is 0.647. The van der Waals surface area contributed by atoms with Crippen molar-refractivity contribution in [3.05, 3.63) is 27.7 Å². The second-order valence-electron chi connectivity index (χ2n) is 3.10. The molecule has 2 nitrogen and oxygen atoms in total. The molecule has 1 aliphatic heterocycles. The maximum Gasteiger partial charge on any atom is 0.181 e. The van der Waals surface area contributed by atoms with Gasteiger partial charge in [0.05, 0.1) is 18.1 Å². The van der Waals surface area contributed by atoms with Gasteiger partial charge >= 0.3 is 0 Å². The van der Waals surface area contributed by atoms with Gasteiger partial charge < -0.3 is 4.74 Å². The Morgan fingerprint density at radius 3 is 3.07 bits per heavy atom. The van der Waals surface area contributed by atoms with Crippen LogP contribution < -0.4 is 4.74 Å². The molecule has 0 unspecified atom stereocenters. The van der Waals surface area contributed by atoms with Gasteiger partial charge in [-0.1, -0.05) is 15.9 Å². The highest BCUT2D eigenvalue weighted by molar-refractivity contribution is 9.10. The fourth-order valence-corrected chi connectivity index (χ4v) is 2.20. The molecule has 0 spiro atoms. The molecule has 0 aliphatic carbocycles. The number of carbonyl (C=O) groups is 1. The molecule has 0 N–H and O–H groups in total. The van der Waals surface area contributed by atoms with Crippen LogP contribution in [0.2, 0.25) is 0 Å². The molecule has 0 amide bonds. The summed E-state index contributed by atoms with van der Waals surface area (Å²) in [5.41, 5.74) is 1.66. The second-order valence-corrected chi connectivity index (χ2v) is 4.28. The Morgan fingerprint density at radius 1 is 1.57 bits per heavy atom. The number of hydrogen-bond acceptors (Lipinski definition) is 2. The van der Waals surface area contributed by atoms with Crippen molar-refractivity contribution >= 4 is 33.3 Å². The zero-order valence-corrected chi connectivity index (χ0v) is 9.69. The molecular formula is C10H8BrClO2. The summed E-state index contributed by atoms with van der Waals surface area (Å²) >= 11 is 8.88. The maximum atomic E-state index is 11.5. The van der Waals surface area contributed by atoms with E-state index in [2.05, 4.69) is 15.9 Å². The van der Waals surface area contributed by atoms with Gasteiger partial charge in [-0.3, -0.25) is 4.79 Å². The van der Waals surface area contributed by atoms with E-state index >= 15 is 0 Å². The van der Waals surface area contributed by atoms with Crippen LogP contribution in [-0.2, 0) is 6.42 Å². The van der Waals surface area contributed by atoms with Crippen molar-refractivity contribution in [2.45, 2.75) is 6.42 Å². The van der Waals surface area contributed by atoms with Crippen LogP contribution in [0.25, 0.3) is 0 Å². The van der Waals surface area contributed by atoms with Gasteiger partial charge in [0.1, 0.15) is 5.75 Å². The molecule has 0 atom stereocenters. The molecule has 1 aromatic carbocycles. The summed E-state index contributed by atoms with van der Waals surface area (Å²) in [4.78, 5) is 11.5. The van der Waals surface area contributed by atoms with Gasteiger partial charge in [0.2, 0.25) is 0 Å². The number of carbonyl (C=O) groups excluding carboxylic acids is 1. The molecule has 1 aliphatic rings. The summed E-state index contributed by atoms with van der Waals surface area (Å²) in [7, 11) is 0. The Morgan fingerprint density at radius 2 is 2.36 bits per heavy atom. The minimum absolute atomic E-state index is 0.00769. The first-order valence-electron chi connectivity index (χ1n) is 4.26. The number of alkyl halides is 1. The summed E-state index contributed by atoms with van der Waals surface area (Å²) in [6, 6.07) is 3.74. The first kappa shape index (κ1) is 9.99. The molecule has 4 heteroatoms. The number of hydrogen-bond donors (Lipinski definition) is 0. The van der Waals surface area contributed by atoms with Crippen molar-refractivity contribution in [2.75, 3.05) is 12.5 Å². The maximum absolute atomic E-state index is 11.5. The highest BCUT2D eigenvalue weighted by Crippen LogP contribution is 2.33. The van der Waals surface area contributed by atoms with Gasteiger partial charge in [-0.05, 0) is 17.7 Å². The number of rotatable bonds is 2. The van der Waals surface area contributed by atoms with Crippen LogP contribution in [0.5, 0.6) is 5.75 Å². The van der Waals surface area contributed by atoms with Crippen molar-refractivity contribution in [3.8, 4) is 5.75 Å². The quantitative estimate of drug-likeness (QED) is 0.613. The van der Waals surface area contributed by atoms with E-state index in [-0.39, 0.29) is 11.7 Å². The molecule has 0 bridgehead atoms. The lowest BCUT2D eigenvalue weighted by Gasteiger charge is -2.06. The Bertz CT molecular complexity index is 390. The lowest BCUT2D eigenvalue weighted by atomic mass is 10.1. The average molecular weight is 276 g/mol. The van der Waals surface area contributed by atoms with Gasteiger partial charge in [0.25, 0.3) is 0 Å². The normalized spacial score (nSPS) is 13.6.